The third-order valence-corrected chi connectivity index (χ3v) is 5.48. The van der Waals surface area contributed by atoms with Crippen molar-refractivity contribution in [1.82, 2.24) is 0 Å². The summed E-state index contributed by atoms with van der Waals surface area (Å²) in [5.74, 6) is 0. The molecular formula is C11H13BrOS. The Morgan fingerprint density at radius 1 is 1.21 bits per heavy atom. The first kappa shape index (κ1) is 10.5. The molecule has 76 valence electrons. The highest BCUT2D eigenvalue weighted by Gasteiger charge is 2.29. The lowest BCUT2D eigenvalue weighted by atomic mass is 10.4. The van der Waals surface area contributed by atoms with Crippen LogP contribution in [0, 0.1) is 0 Å². The summed E-state index contributed by atoms with van der Waals surface area (Å²) in [4.78, 5) is 0.958. The molecule has 2 rings (SSSR count). The molecule has 0 saturated heterocycles. The molecule has 1 aromatic carbocycles. The predicted octanol–water partition coefficient (Wildman–Crippen LogP) is 3.50. The summed E-state index contributed by atoms with van der Waals surface area (Å²) < 4.78 is 13.1. The maximum Gasteiger partial charge on any atom is 0.167 e. The van der Waals surface area contributed by atoms with Gasteiger partial charge in [0, 0.05) is 0 Å². The number of hydrogen-bond acceptors (Lipinski definition) is 1. The molecule has 1 aliphatic rings. The smallest absolute Gasteiger partial charge is 0.167 e. The SMILES string of the molecule is [O-][S+](c1ccccc1Br)C1CCCC1. The summed E-state index contributed by atoms with van der Waals surface area (Å²) in [6.45, 7) is 0. The lowest BCUT2D eigenvalue weighted by Crippen LogP contribution is -2.18. The van der Waals surface area contributed by atoms with Crippen molar-refractivity contribution >= 4 is 27.1 Å². The van der Waals surface area contributed by atoms with Crippen LogP contribution >= 0.6 is 15.9 Å². The molecule has 1 nitrogen and oxygen atoms in total. The third kappa shape index (κ3) is 2.15. The van der Waals surface area contributed by atoms with Crippen LogP contribution in [-0.4, -0.2) is 9.80 Å². The van der Waals surface area contributed by atoms with Crippen molar-refractivity contribution < 1.29 is 4.55 Å². The molecular weight excluding hydrogens is 260 g/mol. The van der Waals surface area contributed by atoms with Crippen LogP contribution in [0.25, 0.3) is 0 Å². The summed E-state index contributed by atoms with van der Waals surface area (Å²) >= 11 is 2.63. The molecule has 3 heteroatoms. The van der Waals surface area contributed by atoms with Crippen LogP contribution in [0.4, 0.5) is 0 Å². The van der Waals surface area contributed by atoms with Gasteiger partial charge >= 0.3 is 0 Å². The molecule has 0 aliphatic heterocycles. The van der Waals surface area contributed by atoms with Crippen molar-refractivity contribution in [2.24, 2.45) is 0 Å². The first-order valence-electron chi connectivity index (χ1n) is 4.94. The van der Waals surface area contributed by atoms with Crippen LogP contribution in [0.2, 0.25) is 0 Å². The van der Waals surface area contributed by atoms with Gasteiger partial charge in [0.15, 0.2) is 4.90 Å². The van der Waals surface area contributed by atoms with Crippen LogP contribution in [-0.2, 0) is 11.2 Å². The van der Waals surface area contributed by atoms with Crippen LogP contribution in [0.1, 0.15) is 25.7 Å². The van der Waals surface area contributed by atoms with Gasteiger partial charge in [0.25, 0.3) is 0 Å². The van der Waals surface area contributed by atoms with E-state index in [1.165, 1.54) is 12.8 Å². The minimum Gasteiger partial charge on any atom is -0.611 e. The van der Waals surface area contributed by atoms with Gasteiger partial charge in [-0.3, -0.25) is 0 Å². The summed E-state index contributed by atoms with van der Waals surface area (Å²) in [7, 11) is 0. The quantitative estimate of drug-likeness (QED) is 0.756. The summed E-state index contributed by atoms with van der Waals surface area (Å²) in [5.41, 5.74) is 0. The second-order valence-corrected chi connectivity index (χ2v) is 6.19. The Kier molecular flexibility index (Phi) is 3.52. The second-order valence-electron chi connectivity index (χ2n) is 3.63. The van der Waals surface area contributed by atoms with E-state index in [9.17, 15) is 4.55 Å². The van der Waals surface area contributed by atoms with E-state index >= 15 is 0 Å². The minimum atomic E-state index is -0.817. The van der Waals surface area contributed by atoms with Crippen molar-refractivity contribution in [3.8, 4) is 0 Å². The molecule has 0 amide bonds. The summed E-state index contributed by atoms with van der Waals surface area (Å²) in [6, 6.07) is 7.83. The Hall–Kier alpha value is 0.01000. The van der Waals surface area contributed by atoms with E-state index in [0.717, 1.165) is 22.2 Å². The first-order chi connectivity index (χ1) is 6.79. The van der Waals surface area contributed by atoms with E-state index in [-0.39, 0.29) is 0 Å². The van der Waals surface area contributed by atoms with Crippen molar-refractivity contribution in [1.29, 1.82) is 0 Å². The zero-order valence-electron chi connectivity index (χ0n) is 7.91. The van der Waals surface area contributed by atoms with E-state index in [4.69, 9.17) is 0 Å². The predicted molar refractivity (Wildman–Crippen MR) is 62.8 cm³/mol. The maximum atomic E-state index is 12.1. The molecule has 0 spiro atoms. The van der Waals surface area contributed by atoms with Crippen molar-refractivity contribution in [3.05, 3.63) is 28.7 Å². The van der Waals surface area contributed by atoms with E-state index in [1.54, 1.807) is 0 Å². The molecule has 0 heterocycles. The van der Waals surface area contributed by atoms with Gasteiger partial charge in [-0.15, -0.1) is 0 Å². The Bertz CT molecular complexity index is 310. The molecule has 1 aliphatic carbocycles. The topological polar surface area (TPSA) is 23.1 Å². The standard InChI is InChI=1S/C11H13BrOS/c12-10-7-3-4-8-11(10)14(13)9-5-1-2-6-9/h3-4,7-9H,1-2,5-6H2. The Balaban J connectivity index is 2.17. The van der Waals surface area contributed by atoms with Gasteiger partial charge in [-0.1, -0.05) is 12.1 Å². The lowest BCUT2D eigenvalue weighted by Gasteiger charge is -2.17. The van der Waals surface area contributed by atoms with E-state index in [2.05, 4.69) is 15.9 Å². The van der Waals surface area contributed by atoms with Gasteiger partial charge in [0.05, 0.1) is 4.47 Å². The molecule has 0 N–H and O–H groups in total. The van der Waals surface area contributed by atoms with Gasteiger partial charge < -0.3 is 4.55 Å². The average Bonchev–Trinajstić information content (AvgIpc) is 2.70. The number of benzene rings is 1. The van der Waals surface area contributed by atoms with Gasteiger partial charge in [0.1, 0.15) is 5.25 Å². The summed E-state index contributed by atoms with van der Waals surface area (Å²) in [5, 5.41) is 0.383. The Morgan fingerprint density at radius 3 is 2.50 bits per heavy atom. The highest BCUT2D eigenvalue weighted by molar-refractivity contribution is 9.10. The molecule has 0 aromatic heterocycles. The molecule has 0 radical (unpaired) electrons. The molecule has 1 aromatic rings. The molecule has 1 saturated carbocycles. The second kappa shape index (κ2) is 4.69. The molecule has 0 bridgehead atoms. The van der Waals surface area contributed by atoms with Crippen molar-refractivity contribution in [2.75, 3.05) is 0 Å². The molecule has 1 atom stereocenters. The first-order valence-corrected chi connectivity index (χ1v) is 6.95. The molecule has 1 fully saturated rings. The molecule has 14 heavy (non-hydrogen) atoms. The number of rotatable bonds is 2. The fourth-order valence-corrected chi connectivity index (χ4v) is 4.25. The van der Waals surface area contributed by atoms with E-state index in [0.29, 0.717) is 5.25 Å². The van der Waals surface area contributed by atoms with Crippen molar-refractivity contribution in [2.45, 2.75) is 35.8 Å². The van der Waals surface area contributed by atoms with Gasteiger partial charge in [0.2, 0.25) is 0 Å². The van der Waals surface area contributed by atoms with Crippen LogP contribution in [0.15, 0.2) is 33.6 Å². The summed E-state index contributed by atoms with van der Waals surface area (Å²) in [6.07, 6.45) is 4.71. The monoisotopic (exact) mass is 272 g/mol. The third-order valence-electron chi connectivity index (χ3n) is 2.66. The van der Waals surface area contributed by atoms with Crippen LogP contribution in [0.3, 0.4) is 0 Å². The maximum absolute atomic E-state index is 12.1. The highest BCUT2D eigenvalue weighted by atomic mass is 79.9. The van der Waals surface area contributed by atoms with Crippen LogP contribution < -0.4 is 0 Å². The fraction of sp³-hybridized carbons (Fsp3) is 0.455. The van der Waals surface area contributed by atoms with Gasteiger partial charge in [-0.2, -0.15) is 0 Å². The minimum absolute atomic E-state index is 0.383. The van der Waals surface area contributed by atoms with Gasteiger partial charge in [-0.25, -0.2) is 0 Å². The van der Waals surface area contributed by atoms with Crippen molar-refractivity contribution in [3.63, 3.8) is 0 Å². The Labute approximate surface area is 96.2 Å². The fourth-order valence-electron chi connectivity index (χ4n) is 1.89. The lowest BCUT2D eigenvalue weighted by molar-refractivity contribution is 0.578. The largest absolute Gasteiger partial charge is 0.611 e. The van der Waals surface area contributed by atoms with E-state index < -0.39 is 11.2 Å². The Morgan fingerprint density at radius 2 is 1.86 bits per heavy atom. The van der Waals surface area contributed by atoms with Gasteiger partial charge in [-0.05, 0) is 64.9 Å². The highest BCUT2D eigenvalue weighted by Crippen LogP contribution is 2.32. The average molecular weight is 273 g/mol. The van der Waals surface area contributed by atoms with Crippen LogP contribution in [0.5, 0.6) is 0 Å². The van der Waals surface area contributed by atoms with E-state index in [1.807, 2.05) is 24.3 Å². The zero-order chi connectivity index (χ0) is 9.97. The zero-order valence-corrected chi connectivity index (χ0v) is 10.3. The number of halogens is 1. The molecule has 1 unspecified atom stereocenters. The number of hydrogen-bond donors (Lipinski definition) is 0. The normalized spacial score (nSPS) is 19.9.